The van der Waals surface area contributed by atoms with Crippen molar-refractivity contribution in [3.63, 3.8) is 0 Å². The van der Waals surface area contributed by atoms with Gasteiger partial charge in [-0.15, -0.1) is 0 Å². The second-order valence-corrected chi connectivity index (χ2v) is 7.63. The van der Waals surface area contributed by atoms with E-state index in [9.17, 15) is 4.79 Å². The Morgan fingerprint density at radius 1 is 1.18 bits per heavy atom. The van der Waals surface area contributed by atoms with Crippen molar-refractivity contribution in [3.8, 4) is 17.4 Å². The molecule has 4 heterocycles. The molecule has 0 bridgehead atoms. The number of ether oxygens (including phenoxy) is 4. The maximum atomic E-state index is 12.4. The predicted molar refractivity (Wildman–Crippen MR) is 123 cm³/mol. The molecule has 0 aliphatic carbocycles. The van der Waals surface area contributed by atoms with Gasteiger partial charge in [0.05, 0.1) is 30.4 Å². The number of methoxy groups -OCH3 is 1. The van der Waals surface area contributed by atoms with Crippen molar-refractivity contribution >= 4 is 28.9 Å². The average Bonchev–Trinajstić information content (AvgIpc) is 3.23. The van der Waals surface area contributed by atoms with E-state index in [0.29, 0.717) is 50.2 Å². The number of hydrogen-bond donors (Lipinski definition) is 1. The standard InChI is InChI=1S/C24H24N4O5/c1-30-22-7-5-19-23(27-22)16(8-10-26-19)3-2-9-25-14-18-15-28(24(29)33-18)17-4-6-20-21(13-17)32-12-11-31-20/h2-8,10,13,18,25H,9,11-12,14-15H2,1H3/b3-2+/t18-/m0/s1. The third kappa shape index (κ3) is 4.54. The van der Waals surface area contributed by atoms with E-state index < -0.39 is 0 Å². The first-order valence-corrected chi connectivity index (χ1v) is 10.8. The number of aromatic nitrogens is 2. The van der Waals surface area contributed by atoms with Gasteiger partial charge in [-0.3, -0.25) is 9.88 Å². The van der Waals surface area contributed by atoms with Crippen LogP contribution in [0.25, 0.3) is 17.1 Å². The molecule has 5 rings (SSSR count). The number of hydrogen-bond acceptors (Lipinski definition) is 8. The Morgan fingerprint density at radius 2 is 2.06 bits per heavy atom. The van der Waals surface area contributed by atoms with Crippen LogP contribution in [0.4, 0.5) is 10.5 Å². The van der Waals surface area contributed by atoms with Crippen molar-refractivity contribution in [1.29, 1.82) is 0 Å². The zero-order valence-corrected chi connectivity index (χ0v) is 18.2. The molecule has 170 valence electrons. The first kappa shape index (κ1) is 21.0. The minimum atomic E-state index is -0.364. The summed E-state index contributed by atoms with van der Waals surface area (Å²) >= 11 is 0. The summed E-state index contributed by atoms with van der Waals surface area (Å²) in [4.78, 5) is 22.8. The summed E-state index contributed by atoms with van der Waals surface area (Å²) in [5.74, 6) is 1.89. The molecule has 1 atom stereocenters. The first-order valence-electron chi connectivity index (χ1n) is 10.8. The van der Waals surface area contributed by atoms with Crippen LogP contribution in [0.5, 0.6) is 17.4 Å². The number of carbonyl (C=O) groups excluding carboxylic acids is 1. The van der Waals surface area contributed by atoms with Crippen molar-refractivity contribution in [3.05, 3.63) is 54.2 Å². The van der Waals surface area contributed by atoms with Crippen molar-refractivity contribution in [2.45, 2.75) is 6.10 Å². The number of cyclic esters (lactones) is 1. The average molecular weight is 448 g/mol. The molecule has 0 saturated carbocycles. The van der Waals surface area contributed by atoms with Gasteiger partial charge in [-0.05, 0) is 24.3 Å². The number of carbonyl (C=O) groups is 1. The van der Waals surface area contributed by atoms with E-state index in [1.807, 2.05) is 42.5 Å². The molecule has 0 spiro atoms. The Morgan fingerprint density at radius 3 is 2.94 bits per heavy atom. The number of amides is 1. The Balaban J connectivity index is 1.16. The summed E-state index contributed by atoms with van der Waals surface area (Å²) in [7, 11) is 1.59. The topological polar surface area (TPSA) is 95.0 Å². The molecule has 1 fully saturated rings. The highest BCUT2D eigenvalue weighted by molar-refractivity contribution is 5.90. The number of nitrogens with one attached hydrogen (secondary N) is 1. The molecule has 9 nitrogen and oxygen atoms in total. The van der Waals surface area contributed by atoms with Crippen molar-refractivity contribution in [1.82, 2.24) is 15.3 Å². The number of nitrogens with zero attached hydrogens (tertiary/aromatic N) is 3. The molecule has 3 aromatic rings. The molecule has 2 aromatic heterocycles. The van der Waals surface area contributed by atoms with E-state index in [1.54, 1.807) is 24.3 Å². The van der Waals surface area contributed by atoms with E-state index in [-0.39, 0.29) is 12.2 Å². The highest BCUT2D eigenvalue weighted by Crippen LogP contribution is 2.35. The summed E-state index contributed by atoms with van der Waals surface area (Å²) in [6, 6.07) is 11.1. The van der Waals surface area contributed by atoms with E-state index in [0.717, 1.165) is 22.3 Å². The van der Waals surface area contributed by atoms with Gasteiger partial charge in [-0.25, -0.2) is 9.78 Å². The fourth-order valence-electron chi connectivity index (χ4n) is 3.83. The summed E-state index contributed by atoms with van der Waals surface area (Å²) in [5.41, 5.74) is 3.29. The van der Waals surface area contributed by atoms with Crippen LogP contribution in [0, 0.1) is 0 Å². The molecular weight excluding hydrogens is 424 g/mol. The Labute approximate surface area is 190 Å². The lowest BCUT2D eigenvalue weighted by molar-refractivity contribution is 0.141. The van der Waals surface area contributed by atoms with Crippen LogP contribution in [-0.4, -0.2) is 62.1 Å². The quantitative estimate of drug-likeness (QED) is 0.551. The SMILES string of the molecule is COc1ccc2nccc(/C=C/CNC[C@H]3CN(c4ccc5c(c4)OCCO5)C(=O)O3)c2n1. The third-order valence-corrected chi connectivity index (χ3v) is 5.44. The van der Waals surface area contributed by atoms with Crippen LogP contribution in [-0.2, 0) is 4.74 Å². The van der Waals surface area contributed by atoms with E-state index >= 15 is 0 Å². The number of fused-ring (bicyclic) bond motifs is 2. The van der Waals surface area contributed by atoms with Crippen LogP contribution in [0.1, 0.15) is 5.56 Å². The summed E-state index contributed by atoms with van der Waals surface area (Å²) in [6.45, 7) is 2.66. The molecule has 1 aromatic carbocycles. The zero-order valence-electron chi connectivity index (χ0n) is 18.2. The van der Waals surface area contributed by atoms with Gasteiger partial charge in [-0.1, -0.05) is 12.2 Å². The van der Waals surface area contributed by atoms with Crippen molar-refractivity contribution in [2.75, 3.05) is 44.9 Å². The number of pyridine rings is 2. The lowest BCUT2D eigenvalue weighted by Gasteiger charge is -2.21. The van der Waals surface area contributed by atoms with Gasteiger partial charge < -0.3 is 24.3 Å². The third-order valence-electron chi connectivity index (χ3n) is 5.44. The predicted octanol–water partition coefficient (Wildman–Crippen LogP) is 3.04. The number of rotatable bonds is 7. The van der Waals surface area contributed by atoms with E-state index in [4.69, 9.17) is 18.9 Å². The Kier molecular flexibility index (Phi) is 5.95. The smallest absolute Gasteiger partial charge is 0.414 e. The lowest BCUT2D eigenvalue weighted by Crippen LogP contribution is -2.31. The Bertz CT molecular complexity index is 1200. The molecule has 1 saturated heterocycles. The van der Waals surface area contributed by atoms with Gasteiger partial charge in [0.1, 0.15) is 19.3 Å². The molecular formula is C24H24N4O5. The van der Waals surface area contributed by atoms with Crippen molar-refractivity contribution < 1.29 is 23.7 Å². The van der Waals surface area contributed by atoms with Gasteiger partial charge in [0.2, 0.25) is 5.88 Å². The summed E-state index contributed by atoms with van der Waals surface area (Å²) in [5, 5.41) is 3.31. The Hall–Kier alpha value is -3.85. The molecule has 1 N–H and O–H groups in total. The number of anilines is 1. The van der Waals surface area contributed by atoms with Gasteiger partial charge in [0, 0.05) is 37.0 Å². The van der Waals surface area contributed by atoms with E-state index in [1.165, 1.54) is 0 Å². The fourth-order valence-corrected chi connectivity index (χ4v) is 3.83. The van der Waals surface area contributed by atoms with Crippen molar-refractivity contribution in [2.24, 2.45) is 0 Å². The highest BCUT2D eigenvalue weighted by Gasteiger charge is 2.32. The maximum absolute atomic E-state index is 12.4. The van der Waals surface area contributed by atoms with E-state index in [2.05, 4.69) is 15.3 Å². The molecule has 2 aliphatic heterocycles. The summed E-state index contributed by atoms with van der Waals surface area (Å²) < 4.78 is 21.9. The minimum absolute atomic E-state index is 0.244. The zero-order chi connectivity index (χ0) is 22.6. The maximum Gasteiger partial charge on any atom is 0.414 e. The van der Waals surface area contributed by atoms with Gasteiger partial charge in [-0.2, -0.15) is 0 Å². The first-order chi connectivity index (χ1) is 16.2. The number of benzene rings is 1. The molecule has 2 aliphatic rings. The molecule has 9 heteroatoms. The van der Waals surface area contributed by atoms with Crippen LogP contribution < -0.4 is 24.4 Å². The lowest BCUT2D eigenvalue weighted by atomic mass is 10.2. The van der Waals surface area contributed by atoms with Gasteiger partial charge in [0.15, 0.2) is 11.5 Å². The second kappa shape index (κ2) is 9.33. The van der Waals surface area contributed by atoms with Crippen LogP contribution in [0.3, 0.4) is 0 Å². The van der Waals surface area contributed by atoms with Gasteiger partial charge in [0.25, 0.3) is 0 Å². The van der Waals surface area contributed by atoms with Crippen LogP contribution in [0.2, 0.25) is 0 Å². The minimum Gasteiger partial charge on any atom is -0.486 e. The molecule has 0 unspecified atom stereocenters. The molecule has 33 heavy (non-hydrogen) atoms. The van der Waals surface area contributed by atoms with Crippen LogP contribution >= 0.6 is 0 Å². The normalized spacial score (nSPS) is 17.5. The molecule has 1 amide bonds. The molecule has 0 radical (unpaired) electrons. The second-order valence-electron chi connectivity index (χ2n) is 7.63. The highest BCUT2D eigenvalue weighted by atomic mass is 16.6. The monoisotopic (exact) mass is 448 g/mol. The van der Waals surface area contributed by atoms with Crippen LogP contribution in [0.15, 0.2) is 48.7 Å². The summed E-state index contributed by atoms with van der Waals surface area (Å²) in [6.07, 6.45) is 5.15. The fraction of sp³-hybridized carbons (Fsp3) is 0.292. The largest absolute Gasteiger partial charge is 0.486 e. The van der Waals surface area contributed by atoms with Gasteiger partial charge >= 0.3 is 6.09 Å².